The Kier molecular flexibility index (Phi) is 4.55. The highest BCUT2D eigenvalue weighted by molar-refractivity contribution is 6.44. The van der Waals surface area contributed by atoms with E-state index in [1.54, 1.807) is 39.0 Å². The largest absolute Gasteiger partial charge is 0.479 e. The van der Waals surface area contributed by atoms with Gasteiger partial charge in [0.25, 0.3) is 0 Å². The minimum absolute atomic E-state index is 0.183. The topological polar surface area (TPSA) is 71.7 Å². The molecule has 3 rings (SSSR count). The number of para-hydroxylation sites is 2. The number of benzene rings is 1. The van der Waals surface area contributed by atoms with Gasteiger partial charge in [-0.1, -0.05) is 12.1 Å². The summed E-state index contributed by atoms with van der Waals surface area (Å²) in [5, 5.41) is 0. The second-order valence-corrected chi connectivity index (χ2v) is 8.88. The molecule has 0 bridgehead atoms. The Balaban J connectivity index is 2.02. The first-order chi connectivity index (χ1) is 12.3. The maximum Gasteiger partial charge on any atom is 0.479 e. The summed E-state index contributed by atoms with van der Waals surface area (Å²) in [5.41, 5.74) is -1.04. The zero-order chi connectivity index (χ0) is 20.2. The summed E-state index contributed by atoms with van der Waals surface area (Å²) in [6, 6.07) is 7.12. The first-order valence-corrected chi connectivity index (χ1v) is 9.12. The molecule has 146 valence electrons. The van der Waals surface area contributed by atoms with Gasteiger partial charge in [0.15, 0.2) is 0 Å². The molecule has 1 aromatic heterocycles. The van der Waals surface area contributed by atoms with Crippen LogP contribution in [0.5, 0.6) is 0 Å². The number of ether oxygens (including phenoxy) is 1. The van der Waals surface area contributed by atoms with Crippen LogP contribution in [-0.4, -0.2) is 39.1 Å². The number of carbonyl (C=O) groups is 1. The average molecular weight is 374 g/mol. The van der Waals surface area contributed by atoms with E-state index in [4.69, 9.17) is 14.0 Å². The molecule has 1 aliphatic rings. The zero-order valence-corrected chi connectivity index (χ0v) is 17.0. The number of imidazole rings is 1. The summed E-state index contributed by atoms with van der Waals surface area (Å²) < 4.78 is 20.0. The first kappa shape index (κ1) is 19.7. The van der Waals surface area contributed by atoms with Crippen molar-refractivity contribution in [1.29, 1.82) is 0 Å². The summed E-state index contributed by atoms with van der Waals surface area (Å²) in [6.07, 6.45) is -0.515. The van der Waals surface area contributed by atoms with Crippen molar-refractivity contribution in [2.45, 2.75) is 71.7 Å². The Labute approximate surface area is 159 Å². The van der Waals surface area contributed by atoms with Crippen LogP contribution in [0.1, 0.15) is 48.5 Å². The van der Waals surface area contributed by atoms with Gasteiger partial charge in [-0.15, -0.1) is 0 Å². The van der Waals surface area contributed by atoms with E-state index in [1.165, 1.54) is 4.57 Å². The van der Waals surface area contributed by atoms with Crippen LogP contribution in [0.3, 0.4) is 0 Å². The van der Waals surface area contributed by atoms with Crippen molar-refractivity contribution in [2.75, 3.05) is 0 Å². The van der Waals surface area contributed by atoms with E-state index in [0.29, 0.717) is 11.0 Å². The van der Waals surface area contributed by atoms with Crippen molar-refractivity contribution in [3.05, 3.63) is 34.7 Å². The van der Waals surface area contributed by atoms with Crippen molar-refractivity contribution in [1.82, 2.24) is 9.13 Å². The van der Waals surface area contributed by atoms with Crippen molar-refractivity contribution < 1.29 is 18.8 Å². The fourth-order valence-corrected chi connectivity index (χ4v) is 3.06. The summed E-state index contributed by atoms with van der Waals surface area (Å²) in [7, 11) is -0.592. The Morgan fingerprint density at radius 2 is 1.59 bits per heavy atom. The van der Waals surface area contributed by atoms with Crippen LogP contribution in [-0.2, 0) is 20.5 Å². The Bertz CT molecular complexity index is 920. The number of nitrogens with zero attached hydrogens (tertiary/aromatic N) is 2. The lowest BCUT2D eigenvalue weighted by Gasteiger charge is -2.32. The quantitative estimate of drug-likeness (QED) is 0.755. The number of hydrogen-bond donors (Lipinski definition) is 0. The molecule has 0 N–H and O–H groups in total. The van der Waals surface area contributed by atoms with Crippen molar-refractivity contribution >= 4 is 24.2 Å². The Hall–Kier alpha value is -2.06. The van der Waals surface area contributed by atoms with E-state index in [-0.39, 0.29) is 6.44 Å². The summed E-state index contributed by atoms with van der Waals surface area (Å²) in [5.74, 6) is 0. The number of hydrogen-bond acceptors (Lipinski definition) is 5. The van der Waals surface area contributed by atoms with Gasteiger partial charge in [0.05, 0.1) is 28.7 Å². The molecule has 0 amide bonds. The van der Waals surface area contributed by atoms with Crippen LogP contribution >= 0.6 is 0 Å². The van der Waals surface area contributed by atoms with Gasteiger partial charge in [-0.3, -0.25) is 4.57 Å². The number of aromatic nitrogens is 2. The van der Waals surface area contributed by atoms with E-state index < -0.39 is 35.7 Å². The predicted octanol–water partition coefficient (Wildman–Crippen LogP) is 3.22. The molecule has 1 aromatic carbocycles. The third kappa shape index (κ3) is 3.56. The molecule has 7 nitrogen and oxygen atoms in total. The lowest BCUT2D eigenvalue weighted by molar-refractivity contribution is 0.00578. The van der Waals surface area contributed by atoms with Crippen LogP contribution in [0.4, 0.5) is 4.79 Å². The molecule has 8 heteroatoms. The highest BCUT2D eigenvalue weighted by Gasteiger charge is 2.51. The van der Waals surface area contributed by atoms with Crippen LogP contribution in [0, 0.1) is 0 Å². The second-order valence-electron chi connectivity index (χ2n) is 8.88. The van der Waals surface area contributed by atoms with Crippen LogP contribution in [0.25, 0.3) is 11.0 Å². The van der Waals surface area contributed by atoms with Crippen LogP contribution < -0.4 is 5.69 Å². The van der Waals surface area contributed by atoms with Gasteiger partial charge in [-0.2, -0.15) is 4.57 Å². The summed E-state index contributed by atoms with van der Waals surface area (Å²) >= 11 is 0. The fraction of sp³-hybridized carbons (Fsp3) is 0.579. The van der Waals surface area contributed by atoms with Gasteiger partial charge < -0.3 is 14.0 Å². The second kappa shape index (κ2) is 6.24. The minimum atomic E-state index is -0.703. The molecule has 1 aliphatic heterocycles. The van der Waals surface area contributed by atoms with E-state index in [1.807, 2.05) is 33.8 Å². The monoisotopic (exact) mass is 374 g/mol. The highest BCUT2D eigenvalue weighted by atomic mass is 16.7. The lowest BCUT2D eigenvalue weighted by atomic mass is 9.90. The third-order valence-electron chi connectivity index (χ3n) is 5.05. The molecule has 0 aliphatic carbocycles. The molecule has 0 atom stereocenters. The van der Waals surface area contributed by atoms with E-state index in [9.17, 15) is 9.59 Å². The molecule has 0 spiro atoms. The van der Waals surface area contributed by atoms with Gasteiger partial charge >= 0.3 is 18.9 Å². The number of carbonyl (C=O) groups excluding carboxylic acids is 1. The Morgan fingerprint density at radius 1 is 1.07 bits per heavy atom. The molecule has 1 fully saturated rings. The lowest BCUT2D eigenvalue weighted by Crippen LogP contribution is -2.41. The van der Waals surface area contributed by atoms with Gasteiger partial charge in [-0.25, -0.2) is 9.59 Å². The van der Waals surface area contributed by atoms with Gasteiger partial charge in [-0.05, 0) is 60.6 Å². The van der Waals surface area contributed by atoms with Gasteiger partial charge in [0.1, 0.15) is 5.60 Å². The minimum Gasteiger partial charge on any atom is -0.443 e. The van der Waals surface area contributed by atoms with Crippen molar-refractivity contribution in [3.63, 3.8) is 0 Å². The van der Waals surface area contributed by atoms with Gasteiger partial charge in [0.2, 0.25) is 0 Å². The van der Waals surface area contributed by atoms with Crippen LogP contribution in [0.15, 0.2) is 29.1 Å². The van der Waals surface area contributed by atoms with Crippen molar-refractivity contribution in [2.24, 2.45) is 0 Å². The van der Waals surface area contributed by atoms with Crippen molar-refractivity contribution in [3.8, 4) is 0 Å². The molecule has 0 unspecified atom stereocenters. The normalized spacial score (nSPS) is 18.9. The fourth-order valence-electron chi connectivity index (χ4n) is 3.06. The first-order valence-electron chi connectivity index (χ1n) is 9.12. The molecule has 0 saturated carbocycles. The van der Waals surface area contributed by atoms with E-state index >= 15 is 0 Å². The summed E-state index contributed by atoms with van der Waals surface area (Å²) in [4.78, 5) is 25.7. The average Bonchev–Trinajstić information content (AvgIpc) is 2.88. The van der Waals surface area contributed by atoms with E-state index in [2.05, 4.69) is 0 Å². The molecule has 27 heavy (non-hydrogen) atoms. The standard InChI is InChI=1S/C19H27BN2O5/c1-17(2,3)25-16(24)22-14-11-9-8-10-13(14)21(15(22)23)12-20-26-18(4,5)19(6,7)27-20/h8-11H,12H2,1-7H3. The smallest absolute Gasteiger partial charge is 0.443 e. The van der Waals surface area contributed by atoms with E-state index in [0.717, 1.165) is 4.57 Å². The highest BCUT2D eigenvalue weighted by Crippen LogP contribution is 2.37. The maximum absolute atomic E-state index is 13.0. The molecular formula is C19H27BN2O5. The number of rotatable bonds is 2. The predicted molar refractivity (Wildman–Crippen MR) is 104 cm³/mol. The van der Waals surface area contributed by atoms with Crippen LogP contribution in [0.2, 0.25) is 0 Å². The SMILES string of the molecule is CC(C)(C)OC(=O)n1c(=O)n(CB2OC(C)(C)C(C)(C)O2)c2ccccc21. The maximum atomic E-state index is 13.0. The Morgan fingerprint density at radius 3 is 2.11 bits per heavy atom. The van der Waals surface area contributed by atoms with Gasteiger partial charge in [0, 0.05) is 0 Å². The third-order valence-corrected chi connectivity index (χ3v) is 5.05. The molecular weight excluding hydrogens is 347 g/mol. The molecule has 2 heterocycles. The summed E-state index contributed by atoms with van der Waals surface area (Å²) in [6.45, 7) is 13.1. The molecule has 2 aromatic rings. The number of fused-ring (bicyclic) bond motifs is 1. The zero-order valence-electron chi connectivity index (χ0n) is 17.0. The molecule has 0 radical (unpaired) electrons. The molecule has 1 saturated heterocycles.